The Labute approximate surface area is 84.5 Å². The zero-order valence-corrected chi connectivity index (χ0v) is 7.08. The zero-order valence-electron chi connectivity index (χ0n) is 7.08. The van der Waals surface area contributed by atoms with Gasteiger partial charge in [0.2, 0.25) is 0 Å². The van der Waals surface area contributed by atoms with Crippen LogP contribution in [-0.2, 0) is 0 Å². The third-order valence-electron chi connectivity index (χ3n) is 0.697. The lowest BCUT2D eigenvalue weighted by Crippen LogP contribution is -1.54. The summed E-state index contributed by atoms with van der Waals surface area (Å²) in [6, 6.07) is 0. The predicted molar refractivity (Wildman–Crippen MR) is 54.8 cm³/mol. The highest BCUT2D eigenvalue weighted by Gasteiger charge is 1.55. The summed E-state index contributed by atoms with van der Waals surface area (Å²) in [5, 5.41) is 0. The SMILES string of the molecule is [C]#CC#CC#CC#CC#CC#CC#C. The van der Waals surface area contributed by atoms with Gasteiger partial charge >= 0.3 is 0 Å². The van der Waals surface area contributed by atoms with E-state index in [1.807, 2.05) is 5.92 Å². The fraction of sp³-hybridized carbons (Fsp3) is 0. The Morgan fingerprint density at radius 2 is 0.929 bits per heavy atom. The van der Waals surface area contributed by atoms with Gasteiger partial charge in [0, 0.05) is 30.1 Å². The fourth-order valence-electron chi connectivity index (χ4n) is 0.317. The largest absolute Gasteiger partial charge is 0.106 e. The van der Waals surface area contributed by atoms with Crippen LogP contribution < -0.4 is 0 Å². The summed E-state index contributed by atoms with van der Waals surface area (Å²) in [6.45, 7) is 0. The van der Waals surface area contributed by atoms with Crippen molar-refractivity contribution in [2.24, 2.45) is 0 Å². The summed E-state index contributed by atoms with van der Waals surface area (Å²) in [4.78, 5) is 0. The van der Waals surface area contributed by atoms with Gasteiger partial charge in [0.05, 0.1) is 0 Å². The summed E-state index contributed by atoms with van der Waals surface area (Å²) in [5.74, 6) is 27.7. The normalized spacial score (nSPS) is 3.57. The highest BCUT2D eigenvalue weighted by molar-refractivity contribution is 5.44. The second-order valence-corrected chi connectivity index (χ2v) is 1.52. The topological polar surface area (TPSA) is 0 Å². The van der Waals surface area contributed by atoms with E-state index in [1.165, 1.54) is 0 Å². The molecule has 1 radical (unpaired) electrons. The van der Waals surface area contributed by atoms with E-state index in [0.29, 0.717) is 0 Å². The molecule has 0 N–H and O–H groups in total. The van der Waals surface area contributed by atoms with E-state index in [4.69, 9.17) is 12.8 Å². The van der Waals surface area contributed by atoms with Crippen LogP contribution in [0.15, 0.2) is 0 Å². The van der Waals surface area contributed by atoms with Crippen LogP contribution in [0, 0.1) is 83.9 Å². The maximum absolute atomic E-state index is 6.43. The van der Waals surface area contributed by atoms with E-state index in [9.17, 15) is 0 Å². The molecule has 0 aromatic rings. The molecule has 0 heteroatoms. The van der Waals surface area contributed by atoms with Crippen molar-refractivity contribution in [2.45, 2.75) is 0 Å². The molecule has 0 heterocycles. The summed E-state index contributed by atoms with van der Waals surface area (Å²) >= 11 is 0. The quantitative estimate of drug-likeness (QED) is 0.455. The molecule has 14 heavy (non-hydrogen) atoms. The first kappa shape index (κ1) is 10.9. The molecule has 0 aliphatic carbocycles. The van der Waals surface area contributed by atoms with Crippen LogP contribution in [0.3, 0.4) is 0 Å². The van der Waals surface area contributed by atoms with Crippen LogP contribution in [0.1, 0.15) is 0 Å². The lowest BCUT2D eigenvalue weighted by molar-refractivity contribution is 2.34. The van der Waals surface area contributed by atoms with Gasteiger partial charge in [-0.05, 0) is 47.4 Å². The standard InChI is InChI=1S/C14H/c1-3-5-7-9-11-13-14-12-10-8-6-4-2/h1H. The molecule has 57 valence electrons. The Kier molecular flexibility index (Phi) is 7.74. The van der Waals surface area contributed by atoms with Gasteiger partial charge in [0.15, 0.2) is 0 Å². The Balaban J connectivity index is 4.20. The third kappa shape index (κ3) is 8.92. The minimum atomic E-state index is 1.87. The molecule has 0 fully saturated rings. The molecule has 0 atom stereocenters. The number of hydrogen-bond acceptors (Lipinski definition) is 0. The Bertz CT molecular complexity index is 521. The monoisotopic (exact) mass is 169 g/mol. The number of rotatable bonds is 0. The average Bonchev–Trinajstić information content (AvgIpc) is 2.21. The van der Waals surface area contributed by atoms with Gasteiger partial charge in [-0.25, -0.2) is 0 Å². The van der Waals surface area contributed by atoms with Crippen molar-refractivity contribution in [2.75, 3.05) is 0 Å². The van der Waals surface area contributed by atoms with E-state index in [1.54, 1.807) is 0 Å². The van der Waals surface area contributed by atoms with Crippen LogP contribution in [0.25, 0.3) is 0 Å². The molecular weight excluding hydrogens is 168 g/mol. The number of hydrogen-bond donors (Lipinski definition) is 0. The smallest absolute Gasteiger partial charge is 0 e. The summed E-state index contributed by atoms with van der Waals surface area (Å²) in [7, 11) is 0. The van der Waals surface area contributed by atoms with E-state index in [0.717, 1.165) is 0 Å². The minimum absolute atomic E-state index is 1.87. The maximum Gasteiger partial charge on any atom is 0 e. The molecule has 0 aromatic carbocycles. The van der Waals surface area contributed by atoms with E-state index < -0.39 is 0 Å². The van der Waals surface area contributed by atoms with Gasteiger partial charge in [0.25, 0.3) is 0 Å². The van der Waals surface area contributed by atoms with Gasteiger partial charge in [-0.3, -0.25) is 0 Å². The molecule has 0 bridgehead atoms. The second kappa shape index (κ2) is 9.92. The molecule has 0 saturated carbocycles. The lowest BCUT2D eigenvalue weighted by atomic mass is 10.5. The van der Waals surface area contributed by atoms with Crippen LogP contribution in [0.2, 0.25) is 0 Å². The molecule has 0 aromatic heterocycles. The maximum atomic E-state index is 6.43. The van der Waals surface area contributed by atoms with Gasteiger partial charge < -0.3 is 0 Å². The fourth-order valence-corrected chi connectivity index (χ4v) is 0.317. The molecule has 0 saturated heterocycles. The van der Waals surface area contributed by atoms with Crippen molar-refractivity contribution in [3.63, 3.8) is 0 Å². The van der Waals surface area contributed by atoms with Crippen molar-refractivity contribution >= 4 is 0 Å². The zero-order chi connectivity index (χ0) is 10.5. The van der Waals surface area contributed by atoms with Crippen LogP contribution >= 0.6 is 0 Å². The first-order chi connectivity index (χ1) is 6.91. The lowest BCUT2D eigenvalue weighted by Gasteiger charge is -1.54. The van der Waals surface area contributed by atoms with E-state index >= 15 is 0 Å². The third-order valence-corrected chi connectivity index (χ3v) is 0.697. The van der Waals surface area contributed by atoms with Crippen molar-refractivity contribution in [3.8, 4) is 77.5 Å². The van der Waals surface area contributed by atoms with E-state index in [2.05, 4.69) is 65.1 Å². The number of terminal acetylenes is 1. The molecule has 0 aliphatic rings. The van der Waals surface area contributed by atoms with Crippen molar-refractivity contribution in [1.82, 2.24) is 0 Å². The van der Waals surface area contributed by atoms with Crippen LogP contribution in [0.5, 0.6) is 0 Å². The second-order valence-electron chi connectivity index (χ2n) is 1.52. The summed E-state index contributed by atoms with van der Waals surface area (Å²) in [5.41, 5.74) is 0. The average molecular weight is 169 g/mol. The summed E-state index contributed by atoms with van der Waals surface area (Å²) < 4.78 is 0. The van der Waals surface area contributed by atoms with Gasteiger partial charge in [-0.2, -0.15) is 0 Å². The predicted octanol–water partition coefficient (Wildman–Crippen LogP) is 0.226. The Hall–Kier alpha value is -3.08. The Morgan fingerprint density at radius 1 is 0.571 bits per heavy atom. The highest BCUT2D eigenvalue weighted by atomic mass is 13.6. The molecule has 0 aliphatic heterocycles. The van der Waals surface area contributed by atoms with Crippen molar-refractivity contribution in [3.05, 3.63) is 6.42 Å². The minimum Gasteiger partial charge on any atom is -0.106 e. The first-order valence-corrected chi connectivity index (χ1v) is 3.29. The Morgan fingerprint density at radius 3 is 1.29 bits per heavy atom. The van der Waals surface area contributed by atoms with Crippen LogP contribution in [-0.4, -0.2) is 0 Å². The molecule has 0 rings (SSSR count). The molecule has 0 spiro atoms. The molecule has 0 amide bonds. The van der Waals surface area contributed by atoms with Gasteiger partial charge in [0.1, 0.15) is 0 Å². The van der Waals surface area contributed by atoms with Gasteiger partial charge in [-0.15, -0.1) is 6.42 Å². The van der Waals surface area contributed by atoms with Gasteiger partial charge in [-0.1, -0.05) is 0 Å². The van der Waals surface area contributed by atoms with Crippen molar-refractivity contribution in [1.29, 1.82) is 0 Å². The van der Waals surface area contributed by atoms with E-state index in [-0.39, 0.29) is 0 Å². The molecule has 0 nitrogen and oxygen atoms in total. The highest BCUT2D eigenvalue weighted by Crippen LogP contribution is 1.56. The summed E-state index contributed by atoms with van der Waals surface area (Å²) in [6.07, 6.45) is 11.3. The molecular formula is C14H. The van der Waals surface area contributed by atoms with Crippen molar-refractivity contribution < 1.29 is 0 Å². The molecule has 0 unspecified atom stereocenters. The first-order valence-electron chi connectivity index (χ1n) is 3.29. The van der Waals surface area contributed by atoms with Crippen LogP contribution in [0.4, 0.5) is 0 Å².